The molecule has 0 radical (unpaired) electrons. The minimum atomic E-state index is -0.106. The van der Waals surface area contributed by atoms with Gasteiger partial charge < -0.3 is 5.32 Å². The molecule has 1 unspecified atom stereocenters. The minimum Gasteiger partial charge on any atom is -0.346 e. The van der Waals surface area contributed by atoms with E-state index < -0.39 is 0 Å². The van der Waals surface area contributed by atoms with E-state index in [4.69, 9.17) is 11.6 Å². The van der Waals surface area contributed by atoms with Gasteiger partial charge in [0.2, 0.25) is 5.91 Å². The quantitative estimate of drug-likeness (QED) is 0.875. The zero-order valence-corrected chi connectivity index (χ0v) is 14.1. The molecule has 0 aliphatic heterocycles. The van der Waals surface area contributed by atoms with Crippen LogP contribution in [-0.4, -0.2) is 15.7 Å². The van der Waals surface area contributed by atoms with Crippen molar-refractivity contribution in [2.75, 3.05) is 0 Å². The van der Waals surface area contributed by atoms with Crippen LogP contribution < -0.4 is 5.32 Å². The van der Waals surface area contributed by atoms with Crippen LogP contribution in [0.3, 0.4) is 0 Å². The van der Waals surface area contributed by atoms with Gasteiger partial charge in [-0.15, -0.1) is 0 Å². The number of benzene rings is 1. The number of nitrogens with one attached hydrogen (secondary N) is 1. The van der Waals surface area contributed by atoms with E-state index >= 15 is 0 Å². The maximum atomic E-state index is 12.3. The Balaban J connectivity index is 1.72. The van der Waals surface area contributed by atoms with E-state index in [9.17, 15) is 4.79 Å². The molecule has 1 aromatic carbocycles. The first kappa shape index (κ1) is 15.8. The zero-order valence-electron chi connectivity index (χ0n) is 13.3. The Morgan fingerprint density at radius 1 is 1.43 bits per heavy atom. The van der Waals surface area contributed by atoms with Crippen molar-refractivity contribution in [2.24, 2.45) is 7.05 Å². The van der Waals surface area contributed by atoms with Gasteiger partial charge in [0.05, 0.1) is 11.7 Å². The van der Waals surface area contributed by atoms with Crippen LogP contribution in [0.15, 0.2) is 30.3 Å². The monoisotopic (exact) mass is 329 g/mol. The van der Waals surface area contributed by atoms with E-state index in [1.807, 2.05) is 13.0 Å². The van der Waals surface area contributed by atoms with Crippen molar-refractivity contribution in [3.8, 4) is 0 Å². The molecule has 0 fully saturated rings. The SMILES string of the molecule is Cc1nn(C)c(Cl)c1/C=C/C(=O)NC1CCCc2ccccc21. The summed E-state index contributed by atoms with van der Waals surface area (Å²) in [4.78, 5) is 12.3. The third-order valence-corrected chi connectivity index (χ3v) is 4.73. The summed E-state index contributed by atoms with van der Waals surface area (Å²) in [5, 5.41) is 7.87. The van der Waals surface area contributed by atoms with Crippen LogP contribution in [0.25, 0.3) is 6.08 Å². The molecule has 1 aliphatic carbocycles. The summed E-state index contributed by atoms with van der Waals surface area (Å²) in [6, 6.07) is 8.41. The van der Waals surface area contributed by atoms with Crippen LogP contribution in [0, 0.1) is 6.92 Å². The Labute approximate surface area is 141 Å². The fourth-order valence-corrected chi connectivity index (χ4v) is 3.36. The van der Waals surface area contributed by atoms with Gasteiger partial charge in [-0.2, -0.15) is 5.10 Å². The topological polar surface area (TPSA) is 46.9 Å². The predicted molar refractivity (Wildman–Crippen MR) is 92.3 cm³/mol. The lowest BCUT2D eigenvalue weighted by Crippen LogP contribution is -2.29. The third kappa shape index (κ3) is 3.32. The second kappa shape index (κ2) is 6.59. The highest BCUT2D eigenvalue weighted by molar-refractivity contribution is 6.31. The van der Waals surface area contributed by atoms with Crippen LogP contribution in [0.2, 0.25) is 5.15 Å². The number of rotatable bonds is 3. The Morgan fingerprint density at radius 3 is 2.96 bits per heavy atom. The molecule has 1 heterocycles. The average Bonchev–Trinajstić information content (AvgIpc) is 2.78. The molecule has 120 valence electrons. The van der Waals surface area contributed by atoms with Crippen LogP contribution >= 0.6 is 11.6 Å². The molecule has 3 rings (SSSR count). The fraction of sp³-hybridized carbons (Fsp3) is 0.333. The Bertz CT molecular complexity index is 764. The van der Waals surface area contributed by atoms with Gasteiger partial charge in [-0.25, -0.2) is 0 Å². The molecule has 0 bridgehead atoms. The Hall–Kier alpha value is -2.07. The number of aromatic nitrogens is 2. The smallest absolute Gasteiger partial charge is 0.244 e. The number of hydrogen-bond donors (Lipinski definition) is 1. The Kier molecular flexibility index (Phi) is 4.53. The Morgan fingerprint density at radius 2 is 2.22 bits per heavy atom. The van der Waals surface area contributed by atoms with Crippen molar-refractivity contribution in [1.82, 2.24) is 15.1 Å². The average molecular weight is 330 g/mol. The molecule has 1 N–H and O–H groups in total. The fourth-order valence-electron chi connectivity index (χ4n) is 3.12. The number of carbonyl (C=O) groups is 1. The molecule has 1 aliphatic rings. The van der Waals surface area contributed by atoms with Crippen LogP contribution in [0.1, 0.15) is 41.3 Å². The summed E-state index contributed by atoms with van der Waals surface area (Å²) in [6.45, 7) is 1.88. The largest absolute Gasteiger partial charge is 0.346 e. The second-order valence-corrected chi connectivity index (χ2v) is 6.26. The standard InChI is InChI=1S/C18H20ClN3O/c1-12-14(18(19)22(2)21-12)10-11-17(23)20-16-9-5-7-13-6-3-4-8-15(13)16/h3-4,6,8,10-11,16H,5,7,9H2,1-2H3,(H,20,23)/b11-10+. The lowest BCUT2D eigenvalue weighted by Gasteiger charge is -2.25. The summed E-state index contributed by atoms with van der Waals surface area (Å²) in [5.41, 5.74) is 4.16. The van der Waals surface area contributed by atoms with Gasteiger partial charge in [0.1, 0.15) is 5.15 Å². The summed E-state index contributed by atoms with van der Waals surface area (Å²) in [6.07, 6.45) is 6.42. The summed E-state index contributed by atoms with van der Waals surface area (Å²) in [5.74, 6) is -0.106. The number of nitrogens with zero attached hydrogens (tertiary/aromatic N) is 2. The van der Waals surface area contributed by atoms with Crippen LogP contribution in [-0.2, 0) is 18.3 Å². The van der Waals surface area contributed by atoms with Crippen molar-refractivity contribution in [1.29, 1.82) is 0 Å². The van der Waals surface area contributed by atoms with Gasteiger partial charge in [0.15, 0.2) is 0 Å². The van der Waals surface area contributed by atoms with Gasteiger partial charge in [0.25, 0.3) is 0 Å². The molecule has 1 amide bonds. The highest BCUT2D eigenvalue weighted by Gasteiger charge is 2.20. The number of halogens is 1. The van der Waals surface area contributed by atoms with Gasteiger partial charge in [-0.1, -0.05) is 35.9 Å². The zero-order chi connectivity index (χ0) is 16.4. The van der Waals surface area contributed by atoms with E-state index in [2.05, 4.69) is 28.6 Å². The molecule has 0 saturated carbocycles. The van der Waals surface area contributed by atoms with E-state index in [-0.39, 0.29) is 11.9 Å². The molecule has 0 saturated heterocycles. The summed E-state index contributed by atoms with van der Waals surface area (Å²) < 4.78 is 1.60. The first-order chi connectivity index (χ1) is 11.1. The predicted octanol–water partition coefficient (Wildman–Crippen LogP) is 3.59. The number of fused-ring (bicyclic) bond motifs is 1. The molecule has 0 spiro atoms. The second-order valence-electron chi connectivity index (χ2n) is 5.90. The summed E-state index contributed by atoms with van der Waals surface area (Å²) >= 11 is 6.17. The highest BCUT2D eigenvalue weighted by atomic mass is 35.5. The molecular weight excluding hydrogens is 310 g/mol. The number of carbonyl (C=O) groups excluding carboxylic acids is 1. The molecule has 2 aromatic rings. The number of aryl methyl sites for hydroxylation is 3. The minimum absolute atomic E-state index is 0.0857. The van der Waals surface area contributed by atoms with Crippen LogP contribution in [0.4, 0.5) is 0 Å². The van der Waals surface area contributed by atoms with Crippen molar-refractivity contribution in [3.63, 3.8) is 0 Å². The first-order valence-corrected chi connectivity index (χ1v) is 8.19. The van der Waals surface area contributed by atoms with E-state index in [0.29, 0.717) is 5.15 Å². The molecule has 1 aromatic heterocycles. The lowest BCUT2D eigenvalue weighted by molar-refractivity contribution is -0.117. The molecule has 5 heteroatoms. The lowest BCUT2D eigenvalue weighted by atomic mass is 9.88. The first-order valence-electron chi connectivity index (χ1n) is 7.81. The molecular formula is C18H20ClN3O. The van der Waals surface area contributed by atoms with Gasteiger partial charge in [-0.05, 0) is 43.4 Å². The van der Waals surface area contributed by atoms with E-state index in [0.717, 1.165) is 30.5 Å². The summed E-state index contributed by atoms with van der Waals surface area (Å²) in [7, 11) is 1.78. The maximum Gasteiger partial charge on any atom is 0.244 e. The van der Waals surface area contributed by atoms with Crippen molar-refractivity contribution >= 4 is 23.6 Å². The van der Waals surface area contributed by atoms with Crippen molar-refractivity contribution in [3.05, 3.63) is 57.9 Å². The van der Waals surface area contributed by atoms with Crippen molar-refractivity contribution in [2.45, 2.75) is 32.2 Å². The normalized spacial score (nSPS) is 17.3. The van der Waals surface area contributed by atoms with Gasteiger partial charge in [0, 0.05) is 18.7 Å². The number of amides is 1. The van der Waals surface area contributed by atoms with Crippen LogP contribution in [0.5, 0.6) is 0 Å². The highest BCUT2D eigenvalue weighted by Crippen LogP contribution is 2.29. The molecule has 4 nitrogen and oxygen atoms in total. The van der Waals surface area contributed by atoms with Crippen molar-refractivity contribution < 1.29 is 4.79 Å². The maximum absolute atomic E-state index is 12.3. The third-order valence-electron chi connectivity index (χ3n) is 4.28. The van der Waals surface area contributed by atoms with Gasteiger partial charge >= 0.3 is 0 Å². The van der Waals surface area contributed by atoms with Gasteiger partial charge in [-0.3, -0.25) is 9.48 Å². The van der Waals surface area contributed by atoms with E-state index in [1.165, 1.54) is 17.2 Å². The van der Waals surface area contributed by atoms with E-state index in [1.54, 1.807) is 17.8 Å². The number of hydrogen-bond acceptors (Lipinski definition) is 2. The molecule has 23 heavy (non-hydrogen) atoms. The molecule has 1 atom stereocenters.